The fraction of sp³-hybridized carbons (Fsp3) is 0.350. The highest BCUT2D eigenvalue weighted by atomic mass is 31.1. The van der Waals surface area contributed by atoms with Crippen molar-refractivity contribution < 1.29 is 29.0 Å². The van der Waals surface area contributed by atoms with E-state index >= 15 is 0 Å². The van der Waals surface area contributed by atoms with Crippen LogP contribution in [-0.2, 0) is 24.4 Å². The van der Waals surface area contributed by atoms with Gasteiger partial charge in [0.15, 0.2) is 5.28 Å². The zero-order valence-electron chi connectivity index (χ0n) is 15.9. The second-order valence-electron chi connectivity index (χ2n) is 7.25. The Morgan fingerprint density at radius 2 is 1.87 bits per heavy atom. The number of carbonyl (C=O) groups excluding carboxylic acids is 3. The first-order valence-electron chi connectivity index (χ1n) is 9.41. The molecule has 0 radical (unpaired) electrons. The lowest BCUT2D eigenvalue weighted by Crippen LogP contribution is -2.45. The lowest BCUT2D eigenvalue weighted by atomic mass is 9.82. The van der Waals surface area contributed by atoms with E-state index in [0.29, 0.717) is 13.8 Å². The molecule has 9 nitrogen and oxygen atoms in total. The van der Waals surface area contributed by atoms with Gasteiger partial charge < -0.3 is 20.5 Å². The minimum atomic E-state index is -1.26. The van der Waals surface area contributed by atoms with E-state index in [2.05, 4.69) is 16.9 Å². The molecule has 30 heavy (non-hydrogen) atoms. The number of aliphatic carboxylic acids is 1. The lowest BCUT2D eigenvalue weighted by molar-refractivity contribution is -0.146. The molecule has 0 saturated carbocycles. The lowest BCUT2D eigenvalue weighted by Gasteiger charge is -2.23. The van der Waals surface area contributed by atoms with Crippen LogP contribution in [0.3, 0.4) is 0 Å². The zero-order valence-corrected chi connectivity index (χ0v) is 16.7. The Morgan fingerprint density at radius 1 is 1.20 bits per heavy atom. The molecule has 5 atom stereocenters. The normalized spacial score (nSPS) is 31.9. The highest BCUT2D eigenvalue weighted by Crippen LogP contribution is 2.40. The van der Waals surface area contributed by atoms with E-state index in [-0.39, 0.29) is 13.1 Å². The van der Waals surface area contributed by atoms with Gasteiger partial charge in [-0.05, 0) is 5.56 Å². The van der Waals surface area contributed by atoms with Gasteiger partial charge in [-0.3, -0.25) is 19.3 Å². The number of fused-ring (bicyclic) bond motifs is 2. The van der Waals surface area contributed by atoms with Crippen LogP contribution in [0, 0.1) is 11.8 Å². The number of imide groups is 1. The van der Waals surface area contributed by atoms with Crippen molar-refractivity contribution in [3.63, 3.8) is 0 Å². The molecular weight excluding hydrogens is 409 g/mol. The summed E-state index contributed by atoms with van der Waals surface area (Å²) in [4.78, 5) is 50.6. The minimum absolute atomic E-state index is 0.000828. The van der Waals surface area contributed by atoms with Crippen molar-refractivity contribution >= 4 is 38.3 Å². The molecule has 1 aromatic carbocycles. The summed E-state index contributed by atoms with van der Waals surface area (Å²) < 4.78 is 5.50. The Labute approximate surface area is 173 Å². The van der Waals surface area contributed by atoms with Crippen LogP contribution in [0.15, 0.2) is 42.5 Å². The van der Waals surface area contributed by atoms with Crippen molar-refractivity contribution in [1.82, 2.24) is 15.5 Å². The number of nitrogens with one attached hydrogen (secondary N) is 2. The Balaban J connectivity index is 1.41. The molecule has 2 bridgehead atoms. The van der Waals surface area contributed by atoms with Crippen LogP contribution >= 0.6 is 8.20 Å². The summed E-state index contributed by atoms with van der Waals surface area (Å²) in [6.07, 6.45) is 5.96. The number of ether oxygens (including phenoxy) is 1. The van der Waals surface area contributed by atoms with Gasteiger partial charge in [-0.25, -0.2) is 4.79 Å². The third kappa shape index (κ3) is 3.11. The monoisotopic (exact) mass is 429 g/mol. The molecule has 0 aromatic heterocycles. The molecule has 3 N–H and O–H groups in total. The third-order valence-corrected chi connectivity index (χ3v) is 6.67. The topological polar surface area (TPSA) is 125 Å². The minimum Gasteiger partial charge on any atom is -0.481 e. The summed E-state index contributed by atoms with van der Waals surface area (Å²) >= 11 is 0. The van der Waals surface area contributed by atoms with Gasteiger partial charge in [0.25, 0.3) is 5.91 Å². The predicted molar refractivity (Wildman–Crippen MR) is 108 cm³/mol. The SMILES string of the molecule is C=PC1(c2ccccc2)NC(=O)N(CCNC(=O)C2C3C=CC(O3)C2C(=O)O)C1=O. The first-order chi connectivity index (χ1) is 14.4. The molecule has 3 heterocycles. The predicted octanol–water partition coefficient (Wildman–Crippen LogP) is 0.540. The second-order valence-corrected chi connectivity index (χ2v) is 8.24. The van der Waals surface area contributed by atoms with Crippen molar-refractivity contribution in [3.05, 3.63) is 48.0 Å². The standard InChI is InChI=1S/C20H20N3O6P/c1-30-20(11-5-3-2-4-6-11)18(27)23(19(28)22-20)10-9-21-16(24)14-12-7-8-13(29-12)15(14)17(25)26/h2-8,12-15H,1,9-10H2,(H,21,24)(H,22,28)(H,25,26). The highest BCUT2D eigenvalue weighted by molar-refractivity contribution is 7.39. The van der Waals surface area contributed by atoms with Gasteiger partial charge in [0.05, 0.1) is 18.1 Å². The Kier molecular flexibility index (Phi) is 5.17. The van der Waals surface area contributed by atoms with Crippen LogP contribution < -0.4 is 10.6 Å². The number of rotatable bonds is 7. The van der Waals surface area contributed by atoms with Crippen LogP contribution in [0.4, 0.5) is 4.79 Å². The zero-order chi connectivity index (χ0) is 21.5. The van der Waals surface area contributed by atoms with Crippen LogP contribution in [-0.4, -0.2) is 65.4 Å². The maximum atomic E-state index is 13.0. The number of nitrogens with zero attached hydrogens (tertiary/aromatic N) is 1. The molecule has 2 fully saturated rings. The number of carboxylic acids is 1. The van der Waals surface area contributed by atoms with Crippen molar-refractivity contribution in [1.29, 1.82) is 0 Å². The molecule has 5 unspecified atom stereocenters. The first-order valence-corrected chi connectivity index (χ1v) is 10.5. The molecule has 3 aliphatic rings. The van der Waals surface area contributed by atoms with Gasteiger partial charge in [-0.15, -0.1) is 0 Å². The second kappa shape index (κ2) is 7.66. The molecule has 1 aromatic rings. The molecule has 0 aliphatic carbocycles. The molecule has 156 valence electrons. The van der Waals surface area contributed by atoms with E-state index in [1.807, 2.05) is 6.07 Å². The van der Waals surface area contributed by atoms with Crippen LogP contribution in [0.5, 0.6) is 0 Å². The van der Waals surface area contributed by atoms with Gasteiger partial charge >= 0.3 is 12.0 Å². The van der Waals surface area contributed by atoms with Gasteiger partial charge in [-0.2, -0.15) is 0 Å². The molecule has 10 heteroatoms. The van der Waals surface area contributed by atoms with Crippen molar-refractivity contribution in [2.24, 2.45) is 11.8 Å². The summed E-state index contributed by atoms with van der Waals surface area (Å²) in [5.41, 5.74) is 0.627. The summed E-state index contributed by atoms with van der Waals surface area (Å²) in [6.45, 7) is -0.0450. The average molecular weight is 429 g/mol. The maximum Gasteiger partial charge on any atom is 0.325 e. The molecule has 3 aliphatic heterocycles. The quantitative estimate of drug-likeness (QED) is 0.330. The number of hydrogen-bond acceptors (Lipinski definition) is 5. The number of carbonyl (C=O) groups is 4. The van der Waals surface area contributed by atoms with Crippen molar-refractivity contribution in [3.8, 4) is 0 Å². The van der Waals surface area contributed by atoms with Gasteiger partial charge in [-0.1, -0.05) is 57.0 Å². The molecular formula is C20H20N3O6P. The number of urea groups is 1. The van der Waals surface area contributed by atoms with E-state index in [0.717, 1.165) is 4.90 Å². The smallest absolute Gasteiger partial charge is 0.325 e. The number of hydrogen-bond donors (Lipinski definition) is 3. The number of amides is 4. The van der Waals surface area contributed by atoms with E-state index in [1.54, 1.807) is 36.4 Å². The summed E-state index contributed by atoms with van der Waals surface area (Å²) in [6, 6.07) is 8.28. The van der Waals surface area contributed by atoms with Crippen molar-refractivity contribution in [2.45, 2.75) is 17.5 Å². The molecule has 0 spiro atoms. The summed E-state index contributed by atoms with van der Waals surface area (Å²) in [5.74, 6) is -3.81. The Morgan fingerprint density at radius 3 is 2.50 bits per heavy atom. The highest BCUT2D eigenvalue weighted by Gasteiger charge is 2.53. The van der Waals surface area contributed by atoms with E-state index < -0.39 is 53.1 Å². The van der Waals surface area contributed by atoms with Gasteiger partial charge in [0.1, 0.15) is 5.92 Å². The molecule has 4 amide bonds. The number of carboxylic acid groups (broad SMARTS) is 1. The molecule has 4 rings (SSSR count). The molecule has 2 saturated heterocycles. The summed E-state index contributed by atoms with van der Waals surface area (Å²) in [5, 5.41) is 13.5. The van der Waals surface area contributed by atoms with E-state index in [1.165, 1.54) is 0 Å². The Bertz CT molecular complexity index is 951. The maximum absolute atomic E-state index is 13.0. The Hall–Kier alpha value is -3.03. The van der Waals surface area contributed by atoms with E-state index in [9.17, 15) is 24.3 Å². The van der Waals surface area contributed by atoms with Crippen molar-refractivity contribution in [2.75, 3.05) is 13.1 Å². The van der Waals surface area contributed by atoms with Crippen LogP contribution in [0.1, 0.15) is 5.56 Å². The number of benzene rings is 1. The van der Waals surface area contributed by atoms with E-state index in [4.69, 9.17) is 4.74 Å². The largest absolute Gasteiger partial charge is 0.481 e. The fourth-order valence-electron chi connectivity index (χ4n) is 4.16. The van der Waals surface area contributed by atoms with Crippen LogP contribution in [0.25, 0.3) is 0 Å². The van der Waals surface area contributed by atoms with Gasteiger partial charge in [0, 0.05) is 13.1 Å². The third-order valence-electron chi connectivity index (χ3n) is 5.64. The first kappa shape index (κ1) is 20.3. The average Bonchev–Trinajstić information content (AvgIpc) is 3.42. The summed E-state index contributed by atoms with van der Waals surface area (Å²) in [7, 11) is 0.416. The fourth-order valence-corrected chi connectivity index (χ4v) is 4.93. The van der Waals surface area contributed by atoms with Gasteiger partial charge in [0.2, 0.25) is 5.91 Å². The van der Waals surface area contributed by atoms with Crippen LogP contribution in [0.2, 0.25) is 0 Å².